The van der Waals surface area contributed by atoms with Crippen LogP contribution in [0.2, 0.25) is 0 Å². The molecule has 6 heteroatoms. The summed E-state index contributed by atoms with van der Waals surface area (Å²) >= 11 is 1.08. The highest BCUT2D eigenvalue weighted by Crippen LogP contribution is 2.22. The van der Waals surface area contributed by atoms with Crippen LogP contribution in [0.5, 0.6) is 0 Å². The summed E-state index contributed by atoms with van der Waals surface area (Å²) in [6, 6.07) is 1.45. The Morgan fingerprint density at radius 2 is 2.33 bits per heavy atom. The quantitative estimate of drug-likeness (QED) is 0.786. The minimum absolute atomic E-state index is 0.0364. The third-order valence-electron chi connectivity index (χ3n) is 1.79. The molecule has 0 aromatic carbocycles. The van der Waals surface area contributed by atoms with Gasteiger partial charge in [0, 0.05) is 7.05 Å². The van der Waals surface area contributed by atoms with E-state index in [2.05, 4.69) is 5.92 Å². The van der Waals surface area contributed by atoms with Crippen molar-refractivity contribution in [2.45, 2.75) is 10.8 Å². The van der Waals surface area contributed by atoms with Gasteiger partial charge >= 0.3 is 0 Å². The number of hydrogen-bond donors (Lipinski definition) is 1. The van der Waals surface area contributed by atoms with Gasteiger partial charge in [0.1, 0.15) is 4.21 Å². The summed E-state index contributed by atoms with van der Waals surface area (Å²) < 4.78 is 24.9. The number of aliphatic hydroxyl groups is 1. The molecule has 0 fully saturated rings. The van der Waals surface area contributed by atoms with Gasteiger partial charge in [-0.1, -0.05) is 5.92 Å². The van der Waals surface area contributed by atoms with Gasteiger partial charge in [0.2, 0.25) is 0 Å². The molecule has 0 saturated heterocycles. The molecule has 1 heterocycles. The second kappa shape index (κ2) is 4.77. The van der Waals surface area contributed by atoms with Crippen LogP contribution in [0.25, 0.3) is 0 Å². The summed E-state index contributed by atoms with van der Waals surface area (Å²) in [6.45, 7) is -0.125. The van der Waals surface area contributed by atoms with Crippen molar-refractivity contribution in [3.8, 4) is 12.3 Å². The van der Waals surface area contributed by atoms with Crippen molar-refractivity contribution in [3.05, 3.63) is 17.0 Å². The second-order valence-electron chi connectivity index (χ2n) is 2.90. The molecular formula is C9H11NO3S2. The molecule has 0 atom stereocenters. The SMILES string of the molecule is C#CCN(C)S(=O)(=O)c1cc(CO)cs1. The molecule has 0 aliphatic carbocycles. The molecule has 0 unspecified atom stereocenters. The fraction of sp³-hybridized carbons (Fsp3) is 0.333. The highest BCUT2D eigenvalue weighted by molar-refractivity contribution is 7.91. The monoisotopic (exact) mass is 245 g/mol. The fourth-order valence-corrected chi connectivity index (χ4v) is 3.43. The summed E-state index contributed by atoms with van der Waals surface area (Å²) in [5.74, 6) is 2.27. The maximum Gasteiger partial charge on any atom is 0.253 e. The van der Waals surface area contributed by atoms with Crippen molar-refractivity contribution >= 4 is 21.4 Å². The Bertz CT molecular complexity index is 470. The van der Waals surface area contributed by atoms with Crippen molar-refractivity contribution in [1.29, 1.82) is 0 Å². The molecule has 4 nitrogen and oxygen atoms in total. The zero-order valence-corrected chi connectivity index (χ0v) is 9.81. The number of sulfonamides is 1. The van der Waals surface area contributed by atoms with E-state index in [0.717, 1.165) is 15.6 Å². The van der Waals surface area contributed by atoms with E-state index in [1.165, 1.54) is 13.1 Å². The predicted molar refractivity (Wildman–Crippen MR) is 58.9 cm³/mol. The fourth-order valence-electron chi connectivity index (χ4n) is 0.938. The average molecular weight is 245 g/mol. The van der Waals surface area contributed by atoms with Crippen LogP contribution < -0.4 is 0 Å². The summed E-state index contributed by atoms with van der Waals surface area (Å²) in [6.07, 6.45) is 5.04. The van der Waals surface area contributed by atoms with Gasteiger partial charge < -0.3 is 5.11 Å². The zero-order valence-electron chi connectivity index (χ0n) is 8.17. The molecule has 0 amide bonds. The largest absolute Gasteiger partial charge is 0.392 e. The van der Waals surface area contributed by atoms with Crippen LogP contribution in [-0.4, -0.2) is 31.4 Å². The molecule has 0 bridgehead atoms. The minimum Gasteiger partial charge on any atom is -0.392 e. The van der Waals surface area contributed by atoms with Crippen LogP contribution in [0.4, 0.5) is 0 Å². The first kappa shape index (κ1) is 12.2. The lowest BCUT2D eigenvalue weighted by Gasteiger charge is -2.11. The molecule has 0 aliphatic rings. The molecule has 1 N–H and O–H groups in total. The van der Waals surface area contributed by atoms with Crippen LogP contribution in [0.1, 0.15) is 5.56 Å². The normalized spacial score (nSPS) is 11.6. The Hall–Kier alpha value is -0.870. The number of aliphatic hydroxyl groups excluding tert-OH is 1. The number of rotatable bonds is 4. The van der Waals surface area contributed by atoms with Crippen molar-refractivity contribution in [2.75, 3.05) is 13.6 Å². The Balaban J connectivity index is 3.01. The van der Waals surface area contributed by atoms with Gasteiger partial charge in [0.05, 0.1) is 13.2 Å². The van der Waals surface area contributed by atoms with Crippen LogP contribution in [0, 0.1) is 12.3 Å². The van der Waals surface area contributed by atoms with Gasteiger partial charge in [0.25, 0.3) is 10.0 Å². The lowest BCUT2D eigenvalue weighted by molar-refractivity contribution is 0.282. The maximum atomic E-state index is 11.8. The topological polar surface area (TPSA) is 57.6 Å². The maximum absolute atomic E-state index is 11.8. The molecule has 1 aromatic heterocycles. The molecule has 0 radical (unpaired) electrons. The van der Waals surface area contributed by atoms with E-state index < -0.39 is 10.0 Å². The van der Waals surface area contributed by atoms with Gasteiger partial charge in [-0.05, 0) is 17.0 Å². The Morgan fingerprint density at radius 1 is 1.67 bits per heavy atom. The summed E-state index contributed by atoms with van der Waals surface area (Å²) in [7, 11) is -2.07. The zero-order chi connectivity index (χ0) is 11.5. The number of hydrogen-bond acceptors (Lipinski definition) is 4. The lowest BCUT2D eigenvalue weighted by atomic mass is 10.4. The second-order valence-corrected chi connectivity index (χ2v) is 6.08. The standard InChI is InChI=1S/C9H11NO3S2/c1-3-4-10(2)15(12,13)9-5-8(6-11)7-14-9/h1,5,7,11H,4,6H2,2H3. The first-order valence-electron chi connectivity index (χ1n) is 4.10. The van der Waals surface area contributed by atoms with E-state index in [-0.39, 0.29) is 17.4 Å². The van der Waals surface area contributed by atoms with Crippen molar-refractivity contribution in [3.63, 3.8) is 0 Å². The van der Waals surface area contributed by atoms with E-state index in [9.17, 15) is 8.42 Å². The van der Waals surface area contributed by atoms with E-state index >= 15 is 0 Å². The third kappa shape index (κ3) is 2.58. The van der Waals surface area contributed by atoms with Crippen LogP contribution in [0.15, 0.2) is 15.7 Å². The first-order chi connectivity index (χ1) is 7.02. The van der Waals surface area contributed by atoms with Crippen molar-refractivity contribution in [2.24, 2.45) is 0 Å². The molecule has 15 heavy (non-hydrogen) atoms. The predicted octanol–water partition coefficient (Wildman–Crippen LogP) is 0.494. The summed E-state index contributed by atoms with van der Waals surface area (Å²) in [5.41, 5.74) is 0.590. The Morgan fingerprint density at radius 3 is 2.80 bits per heavy atom. The van der Waals surface area contributed by atoms with E-state index in [0.29, 0.717) is 5.56 Å². The van der Waals surface area contributed by atoms with Gasteiger partial charge in [-0.15, -0.1) is 17.8 Å². The molecule has 0 aliphatic heterocycles. The Kier molecular flexibility index (Phi) is 3.88. The average Bonchev–Trinajstić information content (AvgIpc) is 2.66. The lowest BCUT2D eigenvalue weighted by Crippen LogP contribution is -2.26. The van der Waals surface area contributed by atoms with E-state index in [1.54, 1.807) is 5.38 Å². The molecule has 1 rings (SSSR count). The number of terminal acetylenes is 1. The van der Waals surface area contributed by atoms with Gasteiger partial charge in [0.15, 0.2) is 0 Å². The van der Waals surface area contributed by atoms with Gasteiger partial charge in [-0.3, -0.25) is 0 Å². The van der Waals surface area contributed by atoms with E-state index in [1.807, 2.05) is 0 Å². The molecule has 82 valence electrons. The van der Waals surface area contributed by atoms with Gasteiger partial charge in [-0.25, -0.2) is 8.42 Å². The number of nitrogens with zero attached hydrogens (tertiary/aromatic N) is 1. The van der Waals surface area contributed by atoms with Crippen molar-refractivity contribution < 1.29 is 13.5 Å². The highest BCUT2D eigenvalue weighted by Gasteiger charge is 2.21. The third-order valence-corrected chi connectivity index (χ3v) is 5.06. The first-order valence-corrected chi connectivity index (χ1v) is 6.42. The minimum atomic E-state index is -3.49. The van der Waals surface area contributed by atoms with Crippen LogP contribution in [-0.2, 0) is 16.6 Å². The number of thiophene rings is 1. The van der Waals surface area contributed by atoms with Crippen LogP contribution in [0.3, 0.4) is 0 Å². The molecule has 1 aromatic rings. The Labute approximate surface area is 93.2 Å². The highest BCUT2D eigenvalue weighted by atomic mass is 32.2. The smallest absolute Gasteiger partial charge is 0.253 e. The van der Waals surface area contributed by atoms with Crippen LogP contribution >= 0.6 is 11.3 Å². The summed E-state index contributed by atoms with van der Waals surface area (Å²) in [4.78, 5) is 0. The van der Waals surface area contributed by atoms with E-state index in [4.69, 9.17) is 11.5 Å². The molecule has 0 spiro atoms. The molecule has 0 saturated carbocycles. The molecular weight excluding hydrogens is 234 g/mol. The summed E-state index contributed by atoms with van der Waals surface area (Å²) in [5, 5.41) is 10.4. The van der Waals surface area contributed by atoms with Crippen molar-refractivity contribution in [1.82, 2.24) is 4.31 Å². The van der Waals surface area contributed by atoms with Gasteiger partial charge in [-0.2, -0.15) is 4.31 Å².